The summed E-state index contributed by atoms with van der Waals surface area (Å²) in [4.78, 5) is 0. The molecule has 0 aliphatic carbocycles. The molecule has 120 valence electrons. The van der Waals surface area contributed by atoms with Gasteiger partial charge >= 0.3 is 0 Å². The third-order valence-electron chi connectivity index (χ3n) is 3.75. The standard InChI is InChI=1S/C21H30O/c1-17(2)9-7-10-18(3)11-8-12-19(4)15-20-13-5-6-14-21(20)16-22/h5-6,9,11,13-15,22H,7-8,10,12,16H2,1-4H3/b18-11+,19-15+. The van der Waals surface area contributed by atoms with Crippen LogP contribution in [0.5, 0.6) is 0 Å². The first-order chi connectivity index (χ1) is 10.5. The molecule has 1 heteroatoms. The fourth-order valence-corrected chi connectivity index (χ4v) is 2.39. The number of rotatable bonds is 8. The van der Waals surface area contributed by atoms with Crippen molar-refractivity contribution < 1.29 is 5.11 Å². The average molecular weight is 298 g/mol. The molecule has 0 amide bonds. The van der Waals surface area contributed by atoms with Crippen molar-refractivity contribution in [3.8, 4) is 0 Å². The molecule has 22 heavy (non-hydrogen) atoms. The highest BCUT2D eigenvalue weighted by Gasteiger charge is 1.98. The highest BCUT2D eigenvalue weighted by Crippen LogP contribution is 2.17. The lowest BCUT2D eigenvalue weighted by molar-refractivity contribution is 0.281. The Bertz CT molecular complexity index is 543. The number of aliphatic hydroxyl groups excluding tert-OH is 1. The summed E-state index contributed by atoms with van der Waals surface area (Å²) >= 11 is 0. The summed E-state index contributed by atoms with van der Waals surface area (Å²) in [5.41, 5.74) is 6.35. The van der Waals surface area contributed by atoms with E-state index in [2.05, 4.69) is 52.0 Å². The minimum atomic E-state index is 0.101. The van der Waals surface area contributed by atoms with Crippen LogP contribution in [-0.2, 0) is 6.61 Å². The second kappa shape index (κ2) is 10.2. The normalized spacial score (nSPS) is 12.4. The Morgan fingerprint density at radius 1 is 0.909 bits per heavy atom. The van der Waals surface area contributed by atoms with E-state index in [9.17, 15) is 5.11 Å². The van der Waals surface area contributed by atoms with Crippen LogP contribution >= 0.6 is 0 Å². The highest BCUT2D eigenvalue weighted by molar-refractivity contribution is 5.56. The molecule has 0 fully saturated rings. The third-order valence-corrected chi connectivity index (χ3v) is 3.75. The van der Waals surface area contributed by atoms with E-state index in [1.165, 1.54) is 16.7 Å². The summed E-state index contributed by atoms with van der Waals surface area (Å²) in [6, 6.07) is 8.03. The summed E-state index contributed by atoms with van der Waals surface area (Å²) < 4.78 is 0. The molecule has 0 aliphatic rings. The van der Waals surface area contributed by atoms with E-state index < -0.39 is 0 Å². The average Bonchev–Trinajstić information content (AvgIpc) is 2.47. The molecule has 1 rings (SSSR count). The molecule has 0 heterocycles. The van der Waals surface area contributed by atoms with Gasteiger partial charge in [0.15, 0.2) is 0 Å². The molecular weight excluding hydrogens is 268 g/mol. The predicted molar refractivity (Wildman–Crippen MR) is 97.7 cm³/mol. The second-order valence-corrected chi connectivity index (χ2v) is 6.26. The van der Waals surface area contributed by atoms with Crippen LogP contribution in [0.25, 0.3) is 6.08 Å². The monoisotopic (exact) mass is 298 g/mol. The van der Waals surface area contributed by atoms with Crippen LogP contribution in [0.4, 0.5) is 0 Å². The van der Waals surface area contributed by atoms with Gasteiger partial charge in [-0.05, 0) is 64.5 Å². The van der Waals surface area contributed by atoms with Crippen LogP contribution in [0.1, 0.15) is 64.5 Å². The van der Waals surface area contributed by atoms with Crippen LogP contribution in [-0.4, -0.2) is 5.11 Å². The van der Waals surface area contributed by atoms with Crippen molar-refractivity contribution in [2.75, 3.05) is 0 Å². The molecule has 0 unspecified atom stereocenters. The van der Waals surface area contributed by atoms with Gasteiger partial charge in [0.2, 0.25) is 0 Å². The van der Waals surface area contributed by atoms with Crippen molar-refractivity contribution in [1.29, 1.82) is 0 Å². The van der Waals surface area contributed by atoms with Crippen LogP contribution in [0.3, 0.4) is 0 Å². The van der Waals surface area contributed by atoms with Gasteiger partial charge in [-0.15, -0.1) is 0 Å². The molecule has 0 aromatic heterocycles. The van der Waals surface area contributed by atoms with Crippen LogP contribution in [0.15, 0.2) is 53.1 Å². The predicted octanol–water partition coefficient (Wildman–Crippen LogP) is 6.06. The van der Waals surface area contributed by atoms with Gasteiger partial charge in [0.25, 0.3) is 0 Å². The molecule has 0 radical (unpaired) electrons. The zero-order chi connectivity index (χ0) is 16.4. The molecule has 1 aromatic rings. The highest BCUT2D eigenvalue weighted by atomic mass is 16.3. The summed E-state index contributed by atoms with van der Waals surface area (Å²) in [5, 5.41) is 9.36. The topological polar surface area (TPSA) is 20.2 Å². The van der Waals surface area contributed by atoms with Crippen LogP contribution in [0.2, 0.25) is 0 Å². The lowest BCUT2D eigenvalue weighted by Crippen LogP contribution is -1.88. The lowest BCUT2D eigenvalue weighted by Gasteiger charge is -2.05. The molecule has 0 bridgehead atoms. The summed E-state index contributed by atoms with van der Waals surface area (Å²) in [5.74, 6) is 0. The lowest BCUT2D eigenvalue weighted by atomic mass is 10.0. The third kappa shape index (κ3) is 7.42. The maximum Gasteiger partial charge on any atom is 0.0687 e. The summed E-state index contributed by atoms with van der Waals surface area (Å²) in [6.07, 6.45) is 11.3. The van der Waals surface area contributed by atoms with Gasteiger partial charge in [-0.3, -0.25) is 0 Å². The number of hydrogen-bond acceptors (Lipinski definition) is 1. The van der Waals surface area contributed by atoms with E-state index in [1.54, 1.807) is 0 Å². The molecule has 1 N–H and O–H groups in total. The Kier molecular flexibility index (Phi) is 8.54. The first-order valence-electron chi connectivity index (χ1n) is 8.18. The Morgan fingerprint density at radius 2 is 1.55 bits per heavy atom. The Labute approximate surface area is 136 Å². The largest absolute Gasteiger partial charge is 0.392 e. The van der Waals surface area contributed by atoms with E-state index in [0.717, 1.165) is 36.8 Å². The maximum absolute atomic E-state index is 9.36. The van der Waals surface area contributed by atoms with Crippen LogP contribution < -0.4 is 0 Å². The van der Waals surface area contributed by atoms with Gasteiger partial charge in [0.1, 0.15) is 0 Å². The van der Waals surface area contributed by atoms with Crippen molar-refractivity contribution >= 4 is 6.08 Å². The molecule has 0 saturated heterocycles. The van der Waals surface area contributed by atoms with E-state index in [4.69, 9.17) is 0 Å². The molecule has 0 atom stereocenters. The van der Waals surface area contributed by atoms with Gasteiger partial charge in [0.05, 0.1) is 6.61 Å². The first kappa shape index (κ1) is 18.4. The maximum atomic E-state index is 9.36. The van der Waals surface area contributed by atoms with Crippen molar-refractivity contribution in [2.24, 2.45) is 0 Å². The summed E-state index contributed by atoms with van der Waals surface area (Å²) in [7, 11) is 0. The van der Waals surface area contributed by atoms with E-state index in [-0.39, 0.29) is 6.61 Å². The van der Waals surface area contributed by atoms with Crippen molar-refractivity contribution in [2.45, 2.75) is 60.0 Å². The minimum Gasteiger partial charge on any atom is -0.392 e. The Morgan fingerprint density at radius 3 is 2.23 bits per heavy atom. The zero-order valence-corrected chi connectivity index (χ0v) is 14.5. The SMILES string of the molecule is CC(C)=CCC/C(C)=C/CC/C(C)=C/c1ccccc1CO. The number of allylic oxidation sites excluding steroid dienone is 5. The van der Waals surface area contributed by atoms with E-state index >= 15 is 0 Å². The molecule has 0 saturated carbocycles. The smallest absolute Gasteiger partial charge is 0.0687 e. The second-order valence-electron chi connectivity index (χ2n) is 6.26. The number of hydrogen-bond donors (Lipinski definition) is 1. The number of aliphatic hydroxyl groups is 1. The van der Waals surface area contributed by atoms with E-state index in [0.29, 0.717) is 0 Å². The van der Waals surface area contributed by atoms with Crippen molar-refractivity contribution in [1.82, 2.24) is 0 Å². The molecule has 1 aromatic carbocycles. The number of benzene rings is 1. The van der Waals surface area contributed by atoms with Crippen molar-refractivity contribution in [3.63, 3.8) is 0 Å². The molecule has 0 aliphatic heterocycles. The Balaban J connectivity index is 2.50. The quantitative estimate of drug-likeness (QED) is 0.579. The van der Waals surface area contributed by atoms with Gasteiger partial charge in [-0.1, -0.05) is 59.2 Å². The van der Waals surface area contributed by atoms with Gasteiger partial charge in [-0.2, -0.15) is 0 Å². The van der Waals surface area contributed by atoms with Gasteiger partial charge in [0, 0.05) is 0 Å². The summed E-state index contributed by atoms with van der Waals surface area (Å²) in [6.45, 7) is 8.79. The first-order valence-corrected chi connectivity index (χ1v) is 8.18. The molecule has 0 spiro atoms. The minimum absolute atomic E-state index is 0.101. The van der Waals surface area contributed by atoms with Crippen molar-refractivity contribution in [3.05, 3.63) is 64.3 Å². The van der Waals surface area contributed by atoms with Gasteiger partial charge in [-0.25, -0.2) is 0 Å². The fourth-order valence-electron chi connectivity index (χ4n) is 2.39. The van der Waals surface area contributed by atoms with Crippen LogP contribution in [0, 0.1) is 0 Å². The zero-order valence-electron chi connectivity index (χ0n) is 14.5. The molecular formula is C21H30O. The fraction of sp³-hybridized carbons (Fsp3) is 0.429. The van der Waals surface area contributed by atoms with Gasteiger partial charge < -0.3 is 5.11 Å². The molecule has 1 nitrogen and oxygen atoms in total. The Hall–Kier alpha value is -1.60. The van der Waals surface area contributed by atoms with E-state index in [1.807, 2.05) is 18.2 Å².